The Morgan fingerprint density at radius 2 is 2.29 bits per heavy atom. The molecule has 0 radical (unpaired) electrons. The van der Waals surface area contributed by atoms with Crippen LogP contribution in [-0.2, 0) is 6.42 Å². The molecule has 0 fully saturated rings. The van der Waals surface area contributed by atoms with E-state index in [1.54, 1.807) is 0 Å². The highest BCUT2D eigenvalue weighted by molar-refractivity contribution is 7.80. The Balaban J connectivity index is 2.68. The van der Waals surface area contributed by atoms with Gasteiger partial charge in [-0.05, 0) is 36.0 Å². The van der Waals surface area contributed by atoms with Crippen LogP contribution in [0.3, 0.4) is 0 Å². The minimum absolute atomic E-state index is 0.0113. The molecule has 1 heterocycles. The highest BCUT2D eigenvalue weighted by Gasteiger charge is 2.15. The SMILES string of the molecule is CCCCc1csc(C(=O)NNC(N)=S)c1Cl. The molecule has 0 saturated heterocycles. The van der Waals surface area contributed by atoms with Gasteiger partial charge in [0.15, 0.2) is 5.11 Å². The van der Waals surface area contributed by atoms with E-state index in [4.69, 9.17) is 17.3 Å². The smallest absolute Gasteiger partial charge is 0.281 e. The largest absolute Gasteiger partial charge is 0.375 e. The Kier molecular flexibility index (Phi) is 5.67. The van der Waals surface area contributed by atoms with E-state index in [0.29, 0.717) is 9.90 Å². The lowest BCUT2D eigenvalue weighted by atomic mass is 10.1. The molecule has 0 aromatic carbocycles. The molecule has 0 spiro atoms. The quantitative estimate of drug-likeness (QED) is 0.588. The van der Waals surface area contributed by atoms with Crippen molar-refractivity contribution in [1.82, 2.24) is 10.9 Å². The number of carbonyl (C=O) groups is 1. The van der Waals surface area contributed by atoms with Gasteiger partial charge < -0.3 is 5.73 Å². The van der Waals surface area contributed by atoms with E-state index < -0.39 is 0 Å². The van der Waals surface area contributed by atoms with Gasteiger partial charge in [0.25, 0.3) is 5.91 Å². The lowest BCUT2D eigenvalue weighted by Gasteiger charge is -2.05. The first-order chi connectivity index (χ1) is 8.06. The number of hydrogen-bond acceptors (Lipinski definition) is 3. The van der Waals surface area contributed by atoms with Crippen molar-refractivity contribution in [3.8, 4) is 0 Å². The number of carbonyl (C=O) groups excluding carboxylic acids is 1. The zero-order chi connectivity index (χ0) is 12.8. The fraction of sp³-hybridized carbons (Fsp3) is 0.400. The van der Waals surface area contributed by atoms with Gasteiger partial charge in [-0.1, -0.05) is 24.9 Å². The van der Waals surface area contributed by atoms with Gasteiger partial charge in [0, 0.05) is 0 Å². The van der Waals surface area contributed by atoms with Crippen LogP contribution in [-0.4, -0.2) is 11.0 Å². The molecule has 0 saturated carbocycles. The Bertz CT molecular complexity index is 420. The summed E-state index contributed by atoms with van der Waals surface area (Å²) in [5, 5.41) is 2.44. The molecule has 0 aliphatic rings. The van der Waals surface area contributed by atoms with Crippen molar-refractivity contribution in [1.29, 1.82) is 0 Å². The monoisotopic (exact) mass is 291 g/mol. The van der Waals surface area contributed by atoms with Crippen LogP contribution in [0.2, 0.25) is 5.02 Å². The maximum atomic E-state index is 11.7. The average Bonchev–Trinajstić information content (AvgIpc) is 2.65. The highest BCUT2D eigenvalue weighted by atomic mass is 35.5. The van der Waals surface area contributed by atoms with Gasteiger partial charge in [-0.3, -0.25) is 15.6 Å². The topological polar surface area (TPSA) is 67.2 Å². The van der Waals surface area contributed by atoms with E-state index >= 15 is 0 Å². The molecule has 17 heavy (non-hydrogen) atoms. The first-order valence-corrected chi connectivity index (χ1v) is 6.84. The molecule has 4 N–H and O–H groups in total. The second-order valence-corrected chi connectivity index (χ2v) is 5.15. The number of nitrogens with two attached hydrogens (primary N) is 1. The number of hydrogen-bond donors (Lipinski definition) is 3. The van der Waals surface area contributed by atoms with Crippen molar-refractivity contribution in [3.63, 3.8) is 0 Å². The first-order valence-electron chi connectivity index (χ1n) is 5.18. The number of thiophene rings is 1. The molecular formula is C10H14ClN3OS2. The second-order valence-electron chi connectivity index (χ2n) is 3.45. The molecule has 1 aromatic heterocycles. The number of unbranched alkanes of at least 4 members (excludes halogenated alkanes) is 1. The van der Waals surface area contributed by atoms with Crippen molar-refractivity contribution in [2.75, 3.05) is 0 Å². The number of rotatable bonds is 4. The van der Waals surface area contributed by atoms with E-state index in [0.717, 1.165) is 24.8 Å². The Morgan fingerprint density at radius 1 is 1.59 bits per heavy atom. The van der Waals surface area contributed by atoms with Gasteiger partial charge >= 0.3 is 0 Å². The minimum Gasteiger partial charge on any atom is -0.375 e. The van der Waals surface area contributed by atoms with Crippen LogP contribution in [0.5, 0.6) is 0 Å². The van der Waals surface area contributed by atoms with E-state index in [-0.39, 0.29) is 11.0 Å². The standard InChI is InChI=1S/C10H14ClN3OS2/c1-2-3-4-6-5-17-8(7(6)11)9(15)13-14-10(12)16/h5H,2-4H2,1H3,(H,13,15)(H3,12,14,16). The minimum atomic E-state index is -0.324. The van der Waals surface area contributed by atoms with Crippen LogP contribution >= 0.6 is 35.2 Å². The normalized spacial score (nSPS) is 10.0. The predicted octanol–water partition coefficient (Wildman–Crippen LogP) is 2.22. The third-order valence-corrected chi connectivity index (χ3v) is 3.78. The molecule has 0 aliphatic heterocycles. The van der Waals surface area contributed by atoms with Crippen LogP contribution in [0.4, 0.5) is 0 Å². The number of thiocarbonyl (C=S) groups is 1. The zero-order valence-corrected chi connectivity index (χ0v) is 11.8. The molecule has 1 amide bonds. The molecule has 94 valence electrons. The molecule has 0 unspecified atom stereocenters. The zero-order valence-electron chi connectivity index (χ0n) is 9.38. The number of halogens is 1. The summed E-state index contributed by atoms with van der Waals surface area (Å²) in [7, 11) is 0. The van der Waals surface area contributed by atoms with Gasteiger partial charge in [0.2, 0.25) is 0 Å². The fourth-order valence-electron chi connectivity index (χ4n) is 1.24. The number of hydrazine groups is 1. The van der Waals surface area contributed by atoms with Crippen LogP contribution in [0, 0.1) is 0 Å². The summed E-state index contributed by atoms with van der Waals surface area (Å²) in [5.41, 5.74) is 11.0. The van der Waals surface area contributed by atoms with E-state index in [1.165, 1.54) is 11.3 Å². The highest BCUT2D eigenvalue weighted by Crippen LogP contribution is 2.28. The van der Waals surface area contributed by atoms with Crippen LogP contribution in [0.25, 0.3) is 0 Å². The van der Waals surface area contributed by atoms with E-state index in [9.17, 15) is 4.79 Å². The third kappa shape index (κ3) is 4.14. The van der Waals surface area contributed by atoms with Crippen LogP contribution in [0.1, 0.15) is 35.0 Å². The Hall–Kier alpha value is -0.850. The number of aryl methyl sites for hydroxylation is 1. The molecule has 1 rings (SSSR count). The van der Waals surface area contributed by atoms with Crippen molar-refractivity contribution in [3.05, 3.63) is 20.8 Å². The first kappa shape index (κ1) is 14.2. The summed E-state index contributed by atoms with van der Waals surface area (Å²) in [4.78, 5) is 12.2. The molecule has 4 nitrogen and oxygen atoms in total. The molecule has 0 atom stereocenters. The van der Waals surface area contributed by atoms with Crippen LogP contribution < -0.4 is 16.6 Å². The van der Waals surface area contributed by atoms with Gasteiger partial charge in [0.05, 0.1) is 5.02 Å². The molecule has 0 bridgehead atoms. The molecular weight excluding hydrogens is 278 g/mol. The molecule has 7 heteroatoms. The number of nitrogens with one attached hydrogen (secondary N) is 2. The van der Waals surface area contributed by atoms with Gasteiger partial charge in [-0.2, -0.15) is 0 Å². The Morgan fingerprint density at radius 3 is 2.88 bits per heavy atom. The molecule has 1 aromatic rings. The van der Waals surface area contributed by atoms with E-state index in [1.807, 2.05) is 5.38 Å². The molecule has 0 aliphatic carbocycles. The summed E-state index contributed by atoms with van der Waals surface area (Å²) in [5.74, 6) is -0.324. The van der Waals surface area contributed by atoms with Gasteiger partial charge in [-0.25, -0.2) is 0 Å². The summed E-state index contributed by atoms with van der Waals surface area (Å²) < 4.78 is 0. The van der Waals surface area contributed by atoms with Crippen molar-refractivity contribution in [2.24, 2.45) is 5.73 Å². The summed E-state index contributed by atoms with van der Waals surface area (Å²) in [6.07, 6.45) is 3.04. The predicted molar refractivity (Wildman–Crippen MR) is 75.3 cm³/mol. The summed E-state index contributed by atoms with van der Waals surface area (Å²) in [6.45, 7) is 2.11. The third-order valence-electron chi connectivity index (χ3n) is 2.11. The maximum absolute atomic E-state index is 11.7. The fourth-order valence-corrected chi connectivity index (χ4v) is 2.62. The summed E-state index contributed by atoms with van der Waals surface area (Å²) in [6, 6.07) is 0. The average molecular weight is 292 g/mol. The Labute approximate surface area is 114 Å². The van der Waals surface area contributed by atoms with Crippen molar-refractivity contribution < 1.29 is 4.79 Å². The van der Waals surface area contributed by atoms with Crippen molar-refractivity contribution in [2.45, 2.75) is 26.2 Å². The van der Waals surface area contributed by atoms with Crippen LogP contribution in [0.15, 0.2) is 5.38 Å². The van der Waals surface area contributed by atoms with Gasteiger partial charge in [-0.15, -0.1) is 11.3 Å². The lowest BCUT2D eigenvalue weighted by molar-refractivity contribution is 0.0948. The lowest BCUT2D eigenvalue weighted by Crippen LogP contribution is -2.44. The van der Waals surface area contributed by atoms with E-state index in [2.05, 4.69) is 30.0 Å². The maximum Gasteiger partial charge on any atom is 0.281 e. The van der Waals surface area contributed by atoms with Gasteiger partial charge in [0.1, 0.15) is 4.88 Å². The summed E-state index contributed by atoms with van der Waals surface area (Å²) >= 11 is 12.0. The van der Waals surface area contributed by atoms with Crippen molar-refractivity contribution >= 4 is 46.2 Å². The second kappa shape index (κ2) is 6.78. The number of amides is 1.